The fourth-order valence-corrected chi connectivity index (χ4v) is 1.86. The molecule has 10 heavy (non-hydrogen) atoms. The van der Waals surface area contributed by atoms with Gasteiger partial charge in [-0.25, -0.2) is 0 Å². The van der Waals surface area contributed by atoms with Crippen LogP contribution in [0.4, 0.5) is 0 Å². The van der Waals surface area contributed by atoms with Crippen LogP contribution < -0.4 is 0 Å². The van der Waals surface area contributed by atoms with Crippen molar-refractivity contribution in [3.8, 4) is 0 Å². The Labute approximate surface area is 67.9 Å². The first-order chi connectivity index (χ1) is 4.76. The Morgan fingerprint density at radius 1 is 0.900 bits per heavy atom. The zero-order valence-electron chi connectivity index (χ0n) is 7.17. The Morgan fingerprint density at radius 2 is 1.10 bits per heavy atom. The van der Waals surface area contributed by atoms with Crippen LogP contribution in [0.3, 0.4) is 0 Å². The Kier molecular flexibility index (Phi) is 14.9. The van der Waals surface area contributed by atoms with Crippen LogP contribution in [0.15, 0.2) is 10.7 Å². The van der Waals surface area contributed by atoms with Crippen LogP contribution in [0.2, 0.25) is 0 Å². The van der Waals surface area contributed by atoms with Gasteiger partial charge in [-0.1, -0.05) is 0 Å². The molecule has 0 aliphatic heterocycles. The summed E-state index contributed by atoms with van der Waals surface area (Å²) in [6.45, 7) is 0. The molecule has 0 N–H and O–H groups in total. The topological polar surface area (TPSA) is 51.2 Å². The van der Waals surface area contributed by atoms with Crippen molar-refractivity contribution in [1.29, 1.82) is 0 Å². The average molecular weight is 317 g/mol. The second-order valence-corrected chi connectivity index (χ2v) is 6.45. The van der Waals surface area contributed by atoms with E-state index in [-0.39, 0.29) is 0 Å². The molecule has 0 aliphatic carbocycles. The van der Waals surface area contributed by atoms with Crippen molar-refractivity contribution in [2.24, 2.45) is 10.7 Å². The third-order valence-electron chi connectivity index (χ3n) is 0.454. The van der Waals surface area contributed by atoms with Gasteiger partial charge in [0, 0.05) is 0 Å². The van der Waals surface area contributed by atoms with E-state index in [1.165, 1.54) is 0 Å². The standard InChI is InChI=1S/C2H6N.3CH3N.Re/c1-3-2;3*1-2;/h1-2H3;3*1H3;/q-1;;;;. The summed E-state index contributed by atoms with van der Waals surface area (Å²) < 4.78 is 11.9. The molecule has 0 aromatic heterocycles. The minimum absolute atomic E-state index is 1.68. The van der Waals surface area contributed by atoms with Gasteiger partial charge in [-0.05, 0) is 0 Å². The van der Waals surface area contributed by atoms with Gasteiger partial charge in [0.1, 0.15) is 0 Å². The van der Waals surface area contributed by atoms with Crippen LogP contribution in [0, 0.1) is 0 Å². The molecule has 0 saturated carbocycles. The van der Waals surface area contributed by atoms with Crippen LogP contribution in [0.25, 0.3) is 5.32 Å². The first kappa shape index (κ1) is 12.7. The van der Waals surface area contributed by atoms with E-state index in [1.54, 1.807) is 35.2 Å². The molecule has 0 saturated heterocycles. The summed E-state index contributed by atoms with van der Waals surface area (Å²) in [5, 5.41) is 3.50. The SMILES string of the molecule is C[N-]C.C[N]=[Re](=[N]C)=[N]C. The van der Waals surface area contributed by atoms with E-state index >= 15 is 0 Å². The van der Waals surface area contributed by atoms with Crippen molar-refractivity contribution in [3.05, 3.63) is 5.32 Å². The summed E-state index contributed by atoms with van der Waals surface area (Å²) in [5.41, 5.74) is 0. The first-order valence-corrected chi connectivity index (χ1v) is 6.39. The van der Waals surface area contributed by atoms with Gasteiger partial charge >= 0.3 is 48.1 Å². The summed E-state index contributed by atoms with van der Waals surface area (Å²) in [6, 6.07) is 0. The second-order valence-electron chi connectivity index (χ2n) is 1.18. The molecule has 0 rings (SSSR count). The number of hydrogen-bond acceptors (Lipinski definition) is 3. The Balaban J connectivity index is 0. The summed E-state index contributed by atoms with van der Waals surface area (Å²) in [7, 11) is 8.84. The summed E-state index contributed by atoms with van der Waals surface area (Å²) in [5.74, 6) is 0. The maximum absolute atomic E-state index is 3.98. The first-order valence-electron chi connectivity index (χ1n) is 2.74. The molecule has 0 amide bonds. The average Bonchev–Trinajstić information content (AvgIpc) is 1.93. The van der Waals surface area contributed by atoms with Crippen LogP contribution in [0.1, 0.15) is 0 Å². The van der Waals surface area contributed by atoms with Crippen molar-refractivity contribution in [3.63, 3.8) is 0 Å². The van der Waals surface area contributed by atoms with E-state index in [0.29, 0.717) is 0 Å². The Bertz CT molecular complexity index is 147. The normalized spacial score (nSPS) is 6.90. The molecule has 0 radical (unpaired) electrons. The van der Waals surface area contributed by atoms with E-state index in [4.69, 9.17) is 0 Å². The summed E-state index contributed by atoms with van der Waals surface area (Å²) in [4.78, 5) is 0. The van der Waals surface area contributed by atoms with E-state index in [2.05, 4.69) is 16.0 Å². The van der Waals surface area contributed by atoms with E-state index in [1.807, 2.05) is 0 Å². The van der Waals surface area contributed by atoms with Crippen molar-refractivity contribution in [2.75, 3.05) is 35.2 Å². The molecule has 0 heterocycles. The molecule has 0 aromatic rings. The van der Waals surface area contributed by atoms with Gasteiger partial charge in [-0.15, -0.1) is 0 Å². The molecule has 0 spiro atoms. The molecule has 0 unspecified atom stereocenters. The summed E-state index contributed by atoms with van der Waals surface area (Å²) in [6.07, 6.45) is 0. The fourth-order valence-electron chi connectivity index (χ4n) is 0.227. The van der Waals surface area contributed by atoms with Crippen LogP contribution >= 0.6 is 0 Å². The fraction of sp³-hybridized carbons (Fsp3) is 1.00. The molecule has 5 heteroatoms. The predicted molar refractivity (Wildman–Crippen MR) is 40.3 cm³/mol. The third-order valence-corrected chi connectivity index (χ3v) is 3.71. The van der Waals surface area contributed by atoms with E-state index in [0.717, 1.165) is 0 Å². The monoisotopic (exact) mass is 318 g/mol. The van der Waals surface area contributed by atoms with Crippen LogP contribution in [-0.2, 0) is 16.2 Å². The third kappa shape index (κ3) is 10.9. The molecule has 4 nitrogen and oxygen atoms in total. The van der Waals surface area contributed by atoms with Crippen LogP contribution in [-0.4, -0.2) is 35.2 Å². The van der Waals surface area contributed by atoms with Crippen LogP contribution in [0.5, 0.6) is 0 Å². The zero-order valence-corrected chi connectivity index (χ0v) is 9.88. The van der Waals surface area contributed by atoms with Crippen molar-refractivity contribution < 1.29 is 16.2 Å². The molecule has 0 fully saturated rings. The van der Waals surface area contributed by atoms with Crippen molar-refractivity contribution in [2.45, 2.75) is 0 Å². The molecular formula is C5H15N4Re-. The molecule has 63 valence electrons. The second kappa shape index (κ2) is 11.8. The van der Waals surface area contributed by atoms with E-state index < -0.39 is 16.2 Å². The molecular weight excluding hydrogens is 302 g/mol. The van der Waals surface area contributed by atoms with Gasteiger partial charge in [0.2, 0.25) is 0 Å². The van der Waals surface area contributed by atoms with Crippen molar-refractivity contribution in [1.82, 2.24) is 0 Å². The van der Waals surface area contributed by atoms with Gasteiger partial charge in [0.15, 0.2) is 0 Å². The molecule has 0 aliphatic rings. The van der Waals surface area contributed by atoms with E-state index in [9.17, 15) is 0 Å². The number of rotatable bonds is 0. The van der Waals surface area contributed by atoms with Gasteiger partial charge in [-0.3, -0.25) is 0 Å². The zero-order chi connectivity index (χ0) is 8.41. The predicted octanol–water partition coefficient (Wildman–Crippen LogP) is 1.66. The quantitative estimate of drug-likeness (QED) is 0.653. The Hall–Kier alpha value is 0.0223. The minimum atomic E-state index is -1.68. The molecule has 0 atom stereocenters. The maximum atomic E-state index is 3.98. The van der Waals surface area contributed by atoms with Crippen molar-refractivity contribution >= 4 is 0 Å². The van der Waals surface area contributed by atoms with Gasteiger partial charge in [-0.2, -0.15) is 14.1 Å². The van der Waals surface area contributed by atoms with Gasteiger partial charge in [0.05, 0.1) is 0 Å². The molecule has 0 aromatic carbocycles. The number of nitrogens with zero attached hydrogens (tertiary/aromatic N) is 4. The van der Waals surface area contributed by atoms with Gasteiger partial charge in [0.25, 0.3) is 0 Å². The number of hydrogen-bond donors (Lipinski definition) is 0. The van der Waals surface area contributed by atoms with Gasteiger partial charge < -0.3 is 5.32 Å². The summed E-state index contributed by atoms with van der Waals surface area (Å²) >= 11 is -1.68. The Morgan fingerprint density at radius 3 is 1.10 bits per heavy atom. The molecule has 0 bridgehead atoms.